The van der Waals surface area contributed by atoms with Gasteiger partial charge >= 0.3 is 0 Å². The fourth-order valence-electron chi connectivity index (χ4n) is 2.69. The third-order valence-electron chi connectivity index (χ3n) is 3.96. The van der Waals surface area contributed by atoms with Crippen LogP contribution in [0.25, 0.3) is 0 Å². The molecule has 7 nitrogen and oxygen atoms in total. The Labute approximate surface area is 146 Å². The number of aryl methyl sites for hydroxylation is 1. The molecule has 0 bridgehead atoms. The van der Waals surface area contributed by atoms with Crippen LogP contribution in [0.3, 0.4) is 0 Å². The quantitative estimate of drug-likeness (QED) is 0.797. The van der Waals surface area contributed by atoms with Crippen LogP contribution in [-0.4, -0.2) is 53.7 Å². The summed E-state index contributed by atoms with van der Waals surface area (Å²) in [6, 6.07) is 8.99. The largest absolute Gasteiger partial charge is 0.493 e. The number of hydrogen-bond donors (Lipinski definition) is 0. The maximum Gasteiger partial charge on any atom is 0.260 e. The molecule has 1 amide bonds. The number of benzene rings is 1. The Kier molecular flexibility index (Phi) is 5.33. The van der Waals surface area contributed by atoms with Crippen molar-refractivity contribution in [2.24, 2.45) is 0 Å². The van der Waals surface area contributed by atoms with Crippen molar-refractivity contribution in [2.45, 2.75) is 19.4 Å². The van der Waals surface area contributed by atoms with E-state index in [0.717, 1.165) is 6.42 Å². The van der Waals surface area contributed by atoms with E-state index in [1.807, 2.05) is 19.1 Å². The van der Waals surface area contributed by atoms with Crippen molar-refractivity contribution in [2.75, 3.05) is 26.8 Å². The maximum absolute atomic E-state index is 12.3. The molecule has 1 aliphatic heterocycles. The first-order valence-electron chi connectivity index (χ1n) is 8.15. The number of carbonyl (C=O) groups is 1. The number of rotatable bonds is 6. The molecule has 0 spiro atoms. The zero-order valence-corrected chi connectivity index (χ0v) is 14.3. The Morgan fingerprint density at radius 3 is 2.84 bits per heavy atom. The van der Waals surface area contributed by atoms with Crippen molar-refractivity contribution >= 4 is 5.91 Å². The minimum Gasteiger partial charge on any atom is -0.493 e. The number of hydrogen-bond acceptors (Lipinski definition) is 6. The van der Waals surface area contributed by atoms with Gasteiger partial charge in [-0.05, 0) is 19.1 Å². The van der Waals surface area contributed by atoms with Gasteiger partial charge in [-0.1, -0.05) is 12.1 Å². The van der Waals surface area contributed by atoms with E-state index in [1.54, 1.807) is 36.4 Å². The summed E-state index contributed by atoms with van der Waals surface area (Å²) >= 11 is 0. The summed E-state index contributed by atoms with van der Waals surface area (Å²) in [6.45, 7) is 2.95. The minimum absolute atomic E-state index is 0.0281. The Morgan fingerprint density at radius 1 is 1.28 bits per heavy atom. The lowest BCUT2D eigenvalue weighted by Crippen LogP contribution is -2.34. The third-order valence-corrected chi connectivity index (χ3v) is 3.96. The summed E-state index contributed by atoms with van der Waals surface area (Å²) < 4.78 is 16.6. The molecule has 7 heteroatoms. The summed E-state index contributed by atoms with van der Waals surface area (Å²) in [5.41, 5.74) is 0. The molecule has 25 heavy (non-hydrogen) atoms. The van der Waals surface area contributed by atoms with Gasteiger partial charge < -0.3 is 19.1 Å². The molecule has 2 aromatic rings. The molecular formula is C18H21N3O4. The van der Waals surface area contributed by atoms with Gasteiger partial charge in [0.2, 0.25) is 5.88 Å². The predicted molar refractivity (Wildman–Crippen MR) is 90.9 cm³/mol. The lowest BCUT2D eigenvalue weighted by Gasteiger charge is -2.18. The van der Waals surface area contributed by atoms with E-state index in [1.165, 1.54) is 0 Å². The summed E-state index contributed by atoms with van der Waals surface area (Å²) in [7, 11) is 1.57. The normalized spacial score (nSPS) is 16.6. The van der Waals surface area contributed by atoms with Gasteiger partial charge in [0, 0.05) is 25.2 Å². The van der Waals surface area contributed by atoms with Gasteiger partial charge in [-0.25, -0.2) is 4.98 Å². The molecule has 0 N–H and O–H groups in total. The van der Waals surface area contributed by atoms with Crippen molar-refractivity contribution in [3.8, 4) is 17.4 Å². The molecule has 1 fully saturated rings. The Hall–Kier alpha value is -2.83. The van der Waals surface area contributed by atoms with Crippen LogP contribution in [0, 0.1) is 6.92 Å². The van der Waals surface area contributed by atoms with Crippen molar-refractivity contribution in [1.82, 2.24) is 14.9 Å². The van der Waals surface area contributed by atoms with Crippen molar-refractivity contribution < 1.29 is 19.0 Å². The first kappa shape index (κ1) is 17.0. The van der Waals surface area contributed by atoms with Gasteiger partial charge in [-0.2, -0.15) is 4.98 Å². The predicted octanol–water partition coefficient (Wildman–Crippen LogP) is 1.85. The summed E-state index contributed by atoms with van der Waals surface area (Å²) in [5.74, 6) is 2.29. The van der Waals surface area contributed by atoms with Crippen LogP contribution in [0.5, 0.6) is 17.4 Å². The molecule has 1 aromatic carbocycles. The van der Waals surface area contributed by atoms with Crippen molar-refractivity contribution in [3.63, 3.8) is 0 Å². The van der Waals surface area contributed by atoms with E-state index in [2.05, 4.69) is 9.97 Å². The summed E-state index contributed by atoms with van der Waals surface area (Å²) in [4.78, 5) is 22.4. The van der Waals surface area contributed by atoms with Crippen LogP contribution in [0.4, 0.5) is 0 Å². The Bertz CT molecular complexity index is 738. The highest BCUT2D eigenvalue weighted by Crippen LogP contribution is 2.26. The number of methoxy groups -OCH3 is 1. The van der Waals surface area contributed by atoms with Crippen LogP contribution in [0.1, 0.15) is 12.2 Å². The lowest BCUT2D eigenvalue weighted by molar-refractivity contribution is -0.132. The van der Waals surface area contributed by atoms with Crippen LogP contribution in [0.15, 0.2) is 36.5 Å². The van der Waals surface area contributed by atoms with Crippen LogP contribution in [-0.2, 0) is 4.79 Å². The summed E-state index contributed by atoms with van der Waals surface area (Å²) in [6.07, 6.45) is 2.37. The topological polar surface area (TPSA) is 73.8 Å². The highest BCUT2D eigenvalue weighted by atomic mass is 16.5. The summed E-state index contributed by atoms with van der Waals surface area (Å²) in [5, 5.41) is 0. The van der Waals surface area contributed by atoms with E-state index in [0.29, 0.717) is 36.3 Å². The average Bonchev–Trinajstić information content (AvgIpc) is 3.08. The van der Waals surface area contributed by atoms with Crippen LogP contribution >= 0.6 is 0 Å². The zero-order chi connectivity index (χ0) is 17.6. The zero-order valence-electron chi connectivity index (χ0n) is 14.3. The Balaban J connectivity index is 1.50. The standard InChI is InChI=1S/C18H21N3O4/c1-13-19-9-7-17(20-13)25-14-8-10-21(11-14)18(22)12-24-16-6-4-3-5-15(16)23-2/h3-7,9,14H,8,10-12H2,1-2H3/t14-/m0/s1. The molecule has 0 aliphatic carbocycles. The number of likely N-dealkylation sites (tertiary alicyclic amines) is 1. The van der Waals surface area contributed by atoms with E-state index in [9.17, 15) is 4.79 Å². The SMILES string of the molecule is COc1ccccc1OCC(=O)N1CC[C@H](Oc2ccnc(C)n2)C1. The van der Waals surface area contributed by atoms with Crippen molar-refractivity contribution in [3.05, 3.63) is 42.4 Å². The van der Waals surface area contributed by atoms with Gasteiger partial charge in [-0.15, -0.1) is 0 Å². The molecule has 0 unspecified atom stereocenters. The molecule has 1 saturated heterocycles. The number of ether oxygens (including phenoxy) is 3. The maximum atomic E-state index is 12.3. The van der Waals surface area contributed by atoms with E-state index in [4.69, 9.17) is 14.2 Å². The van der Waals surface area contributed by atoms with Crippen LogP contribution in [0.2, 0.25) is 0 Å². The first-order chi connectivity index (χ1) is 12.2. The van der Waals surface area contributed by atoms with E-state index < -0.39 is 0 Å². The molecule has 2 heterocycles. The second kappa shape index (κ2) is 7.83. The lowest BCUT2D eigenvalue weighted by atomic mass is 10.3. The molecule has 1 atom stereocenters. The fourth-order valence-corrected chi connectivity index (χ4v) is 2.69. The molecule has 0 saturated carbocycles. The van der Waals surface area contributed by atoms with Crippen LogP contribution < -0.4 is 14.2 Å². The van der Waals surface area contributed by atoms with E-state index >= 15 is 0 Å². The highest BCUT2D eigenvalue weighted by Gasteiger charge is 2.28. The smallest absolute Gasteiger partial charge is 0.260 e. The third kappa shape index (κ3) is 4.37. The van der Waals surface area contributed by atoms with Gasteiger partial charge in [0.15, 0.2) is 18.1 Å². The van der Waals surface area contributed by atoms with Gasteiger partial charge in [0.1, 0.15) is 11.9 Å². The number of amides is 1. The monoisotopic (exact) mass is 343 g/mol. The van der Waals surface area contributed by atoms with Gasteiger partial charge in [0.25, 0.3) is 5.91 Å². The van der Waals surface area contributed by atoms with Gasteiger partial charge in [0.05, 0.1) is 13.7 Å². The number of para-hydroxylation sites is 2. The number of aromatic nitrogens is 2. The molecule has 1 aromatic heterocycles. The Morgan fingerprint density at radius 2 is 2.08 bits per heavy atom. The van der Waals surface area contributed by atoms with E-state index in [-0.39, 0.29) is 18.6 Å². The van der Waals surface area contributed by atoms with Gasteiger partial charge in [-0.3, -0.25) is 4.79 Å². The molecule has 0 radical (unpaired) electrons. The second-order valence-electron chi connectivity index (χ2n) is 5.75. The fraction of sp³-hybridized carbons (Fsp3) is 0.389. The molecule has 132 valence electrons. The van der Waals surface area contributed by atoms with Crippen molar-refractivity contribution in [1.29, 1.82) is 0 Å². The average molecular weight is 343 g/mol. The number of carbonyl (C=O) groups excluding carboxylic acids is 1. The second-order valence-corrected chi connectivity index (χ2v) is 5.75. The number of nitrogens with zero attached hydrogens (tertiary/aromatic N) is 3. The molecule has 1 aliphatic rings. The molecular weight excluding hydrogens is 322 g/mol. The highest BCUT2D eigenvalue weighted by molar-refractivity contribution is 5.78. The first-order valence-corrected chi connectivity index (χ1v) is 8.15. The minimum atomic E-state index is -0.0733. The molecule has 3 rings (SSSR count).